The summed E-state index contributed by atoms with van der Waals surface area (Å²) in [6.07, 6.45) is -3.79. The lowest BCUT2D eigenvalue weighted by Crippen LogP contribution is -2.44. The third-order valence-corrected chi connectivity index (χ3v) is 6.48. The molecule has 5 nitrogen and oxygen atoms in total. The molecule has 0 amide bonds. The van der Waals surface area contributed by atoms with E-state index in [4.69, 9.17) is 38.0 Å². The summed E-state index contributed by atoms with van der Waals surface area (Å²) in [6.45, 7) is 0.618. The second kappa shape index (κ2) is 10.8. The Hall–Kier alpha value is -3.17. The summed E-state index contributed by atoms with van der Waals surface area (Å²) in [5.41, 5.74) is 1.86. The maximum absolute atomic E-state index is 13.2. The first-order valence-electron chi connectivity index (χ1n) is 11.1. The molecule has 0 saturated carbocycles. The van der Waals surface area contributed by atoms with E-state index in [9.17, 15) is 13.2 Å². The molecule has 0 spiro atoms. The molecule has 0 aromatic heterocycles. The van der Waals surface area contributed by atoms with Crippen molar-refractivity contribution >= 4 is 34.6 Å². The van der Waals surface area contributed by atoms with E-state index in [0.717, 1.165) is 28.9 Å². The number of halogens is 4. The first-order chi connectivity index (χ1) is 17.2. The molecule has 0 bridgehead atoms. The fraction of sp³-hybridized carbons (Fsp3) is 0.269. The zero-order chi connectivity index (χ0) is 25.9. The fourth-order valence-electron chi connectivity index (χ4n) is 4.15. The van der Waals surface area contributed by atoms with Gasteiger partial charge < -0.3 is 24.4 Å². The number of hydrogen-bond acceptors (Lipinski definition) is 4. The fourth-order valence-corrected chi connectivity index (χ4v) is 4.68. The number of hydrogen-bond donors (Lipinski definition) is 1. The minimum atomic E-state index is -4.46. The van der Waals surface area contributed by atoms with Gasteiger partial charge in [0.05, 0.1) is 25.8 Å². The summed E-state index contributed by atoms with van der Waals surface area (Å²) in [6, 6.07) is 15.4. The van der Waals surface area contributed by atoms with Gasteiger partial charge in [-0.2, -0.15) is 13.2 Å². The highest BCUT2D eigenvalue weighted by atomic mass is 35.5. The zero-order valence-corrected chi connectivity index (χ0v) is 21.1. The van der Waals surface area contributed by atoms with Crippen LogP contribution in [0.15, 0.2) is 60.7 Å². The Bertz CT molecular complexity index is 1260. The Morgan fingerprint density at radius 2 is 1.78 bits per heavy atom. The summed E-state index contributed by atoms with van der Waals surface area (Å²) in [5.74, 6) is 1.25. The van der Waals surface area contributed by atoms with Crippen LogP contribution >= 0.6 is 23.8 Å². The van der Waals surface area contributed by atoms with Gasteiger partial charge in [-0.15, -0.1) is 0 Å². The second-order valence-electron chi connectivity index (χ2n) is 8.14. The van der Waals surface area contributed by atoms with Crippen molar-refractivity contribution in [2.45, 2.75) is 18.6 Å². The van der Waals surface area contributed by atoms with Gasteiger partial charge in [-0.05, 0) is 78.3 Å². The van der Waals surface area contributed by atoms with E-state index in [2.05, 4.69) is 5.32 Å². The maximum atomic E-state index is 13.2. The minimum Gasteiger partial charge on any atom is -0.493 e. The Labute approximate surface area is 217 Å². The van der Waals surface area contributed by atoms with Gasteiger partial charge in [-0.3, -0.25) is 0 Å². The van der Waals surface area contributed by atoms with E-state index < -0.39 is 17.8 Å². The molecule has 4 rings (SSSR count). The summed E-state index contributed by atoms with van der Waals surface area (Å²) in [5, 5.41) is 4.21. The molecule has 36 heavy (non-hydrogen) atoms. The number of benzene rings is 3. The molecule has 0 radical (unpaired) electrons. The molecule has 190 valence electrons. The Balaban J connectivity index is 1.65. The highest BCUT2D eigenvalue weighted by Gasteiger charge is 2.33. The van der Waals surface area contributed by atoms with Crippen molar-refractivity contribution in [3.8, 4) is 17.2 Å². The molecule has 1 heterocycles. The Morgan fingerprint density at radius 1 is 1.06 bits per heavy atom. The molecule has 0 fully saturated rings. The van der Waals surface area contributed by atoms with Gasteiger partial charge in [0.15, 0.2) is 16.6 Å². The van der Waals surface area contributed by atoms with E-state index in [1.54, 1.807) is 26.4 Å². The van der Waals surface area contributed by atoms with Crippen LogP contribution in [0.25, 0.3) is 0 Å². The lowest BCUT2D eigenvalue weighted by atomic mass is 9.92. The first-order valence-corrected chi connectivity index (χ1v) is 11.9. The van der Waals surface area contributed by atoms with Crippen LogP contribution in [0.1, 0.15) is 22.7 Å². The maximum Gasteiger partial charge on any atom is 0.416 e. The molecule has 1 aliphatic heterocycles. The molecule has 0 saturated heterocycles. The van der Waals surface area contributed by atoms with E-state index in [0.29, 0.717) is 34.6 Å². The van der Waals surface area contributed by atoms with E-state index >= 15 is 0 Å². The standard InChI is InChI=1S/C26H24ClF3N2O3S/c1-33-23-11-16-9-10-32(25(36)31-19-7-4-6-18(27)13-19)22(21(16)14-24(23)34-2)15-35-20-8-3-5-17(12-20)26(28,29)30/h3-8,11-14,22H,9-10,15H2,1-2H3,(H,31,36). The van der Waals surface area contributed by atoms with Crippen molar-refractivity contribution in [3.05, 3.63) is 82.4 Å². The van der Waals surface area contributed by atoms with Crippen LogP contribution in [-0.2, 0) is 12.6 Å². The molecular weight excluding hydrogens is 513 g/mol. The summed E-state index contributed by atoms with van der Waals surface area (Å²) >= 11 is 11.8. The zero-order valence-electron chi connectivity index (χ0n) is 19.6. The molecule has 1 unspecified atom stereocenters. The monoisotopic (exact) mass is 536 g/mol. The van der Waals surface area contributed by atoms with Crippen LogP contribution in [0, 0.1) is 0 Å². The molecule has 1 aliphatic rings. The van der Waals surface area contributed by atoms with Crippen molar-refractivity contribution in [2.24, 2.45) is 0 Å². The normalized spacial score (nSPS) is 15.2. The molecule has 0 aliphatic carbocycles. The van der Waals surface area contributed by atoms with Crippen LogP contribution < -0.4 is 19.5 Å². The summed E-state index contributed by atoms with van der Waals surface area (Å²) < 4.78 is 56.4. The predicted molar refractivity (Wildman–Crippen MR) is 137 cm³/mol. The molecule has 3 aromatic carbocycles. The van der Waals surface area contributed by atoms with E-state index in [-0.39, 0.29) is 12.4 Å². The van der Waals surface area contributed by atoms with Gasteiger partial charge in [0, 0.05) is 17.3 Å². The van der Waals surface area contributed by atoms with E-state index in [1.807, 2.05) is 29.2 Å². The number of nitrogens with zero attached hydrogens (tertiary/aromatic N) is 1. The quantitative estimate of drug-likeness (QED) is 0.351. The van der Waals surface area contributed by atoms with Gasteiger partial charge in [-0.25, -0.2) is 0 Å². The third-order valence-electron chi connectivity index (χ3n) is 5.91. The van der Waals surface area contributed by atoms with Crippen LogP contribution in [0.5, 0.6) is 17.2 Å². The Morgan fingerprint density at radius 3 is 2.47 bits per heavy atom. The summed E-state index contributed by atoms with van der Waals surface area (Å²) in [4.78, 5) is 1.96. The predicted octanol–water partition coefficient (Wildman–Crippen LogP) is 6.75. The number of thiocarbonyl (C=S) groups is 1. The average Bonchev–Trinajstić information content (AvgIpc) is 2.85. The van der Waals surface area contributed by atoms with Gasteiger partial charge in [0.25, 0.3) is 0 Å². The molecule has 10 heteroatoms. The van der Waals surface area contributed by atoms with Crippen LogP contribution in [-0.4, -0.2) is 37.4 Å². The van der Waals surface area contributed by atoms with Crippen molar-refractivity contribution < 1.29 is 27.4 Å². The SMILES string of the molecule is COc1cc2c(cc1OC)C(COc1cccc(C(F)(F)F)c1)N(C(=S)Nc1cccc(Cl)c1)CC2. The Kier molecular flexibility index (Phi) is 7.80. The number of methoxy groups -OCH3 is 2. The van der Waals surface area contributed by atoms with Crippen LogP contribution in [0.4, 0.5) is 18.9 Å². The van der Waals surface area contributed by atoms with Crippen molar-refractivity contribution in [1.82, 2.24) is 4.90 Å². The van der Waals surface area contributed by atoms with Crippen molar-refractivity contribution in [2.75, 3.05) is 32.7 Å². The molecule has 1 atom stereocenters. The number of anilines is 1. The second-order valence-corrected chi connectivity index (χ2v) is 8.97. The summed E-state index contributed by atoms with van der Waals surface area (Å²) in [7, 11) is 3.11. The lowest BCUT2D eigenvalue weighted by molar-refractivity contribution is -0.137. The molecular formula is C26H24ClF3N2O3S. The van der Waals surface area contributed by atoms with Crippen LogP contribution in [0.3, 0.4) is 0 Å². The number of ether oxygens (including phenoxy) is 3. The number of nitrogens with one attached hydrogen (secondary N) is 1. The number of rotatable bonds is 6. The number of alkyl halides is 3. The number of fused-ring (bicyclic) bond motifs is 1. The highest BCUT2D eigenvalue weighted by Crippen LogP contribution is 2.39. The van der Waals surface area contributed by atoms with Crippen molar-refractivity contribution in [1.29, 1.82) is 0 Å². The average molecular weight is 537 g/mol. The smallest absolute Gasteiger partial charge is 0.416 e. The van der Waals surface area contributed by atoms with Crippen molar-refractivity contribution in [3.63, 3.8) is 0 Å². The lowest BCUT2D eigenvalue weighted by Gasteiger charge is -2.39. The van der Waals surface area contributed by atoms with Gasteiger partial charge in [0.2, 0.25) is 0 Å². The minimum absolute atomic E-state index is 0.0567. The van der Waals surface area contributed by atoms with E-state index in [1.165, 1.54) is 12.1 Å². The van der Waals surface area contributed by atoms with Gasteiger partial charge in [0.1, 0.15) is 12.4 Å². The van der Waals surface area contributed by atoms with Gasteiger partial charge in [-0.1, -0.05) is 23.7 Å². The van der Waals surface area contributed by atoms with Crippen LogP contribution in [0.2, 0.25) is 5.02 Å². The molecule has 3 aromatic rings. The largest absolute Gasteiger partial charge is 0.493 e. The van der Waals surface area contributed by atoms with Gasteiger partial charge >= 0.3 is 6.18 Å². The highest BCUT2D eigenvalue weighted by molar-refractivity contribution is 7.80. The molecule has 1 N–H and O–H groups in total. The first kappa shape index (κ1) is 25.9. The third kappa shape index (κ3) is 5.79. The topological polar surface area (TPSA) is 43.0 Å².